The van der Waals surface area contributed by atoms with Gasteiger partial charge in [-0.1, -0.05) is 12.1 Å². The minimum atomic E-state index is -0.108. The van der Waals surface area contributed by atoms with E-state index in [1.165, 1.54) is 0 Å². The maximum atomic E-state index is 13.2. The summed E-state index contributed by atoms with van der Waals surface area (Å²) >= 11 is 0. The van der Waals surface area contributed by atoms with Crippen LogP contribution in [0.2, 0.25) is 0 Å². The SMILES string of the molecule is COc1ccc(C2Cn3cnc(C(=O)N4CCC(C(=O)NCc5ccco5)CC4)c3CO2)cc1. The number of ether oxygens (including phenoxy) is 2. The molecule has 2 aliphatic heterocycles. The number of nitrogens with zero attached hydrogens (tertiary/aromatic N) is 3. The molecule has 0 bridgehead atoms. The summed E-state index contributed by atoms with van der Waals surface area (Å²) in [6.07, 6.45) is 4.45. The minimum Gasteiger partial charge on any atom is -0.497 e. The molecule has 5 rings (SSSR count). The largest absolute Gasteiger partial charge is 0.497 e. The quantitative estimate of drug-likeness (QED) is 0.602. The fourth-order valence-corrected chi connectivity index (χ4v) is 4.55. The Morgan fingerprint density at radius 2 is 1.97 bits per heavy atom. The van der Waals surface area contributed by atoms with Crippen LogP contribution in [0.3, 0.4) is 0 Å². The average molecular weight is 465 g/mol. The smallest absolute Gasteiger partial charge is 0.274 e. The number of rotatable bonds is 6. The lowest BCUT2D eigenvalue weighted by Crippen LogP contribution is -2.43. The van der Waals surface area contributed by atoms with Crippen molar-refractivity contribution in [3.05, 3.63) is 71.7 Å². The van der Waals surface area contributed by atoms with Crippen molar-refractivity contribution < 1.29 is 23.5 Å². The minimum absolute atomic E-state index is 0.000781. The number of piperidine rings is 1. The van der Waals surface area contributed by atoms with E-state index >= 15 is 0 Å². The van der Waals surface area contributed by atoms with Crippen LogP contribution in [0.1, 0.15) is 46.5 Å². The third-order valence-electron chi connectivity index (χ3n) is 6.59. The highest BCUT2D eigenvalue weighted by molar-refractivity contribution is 5.93. The number of amides is 2. The van der Waals surface area contributed by atoms with E-state index in [1.807, 2.05) is 34.9 Å². The van der Waals surface area contributed by atoms with Gasteiger partial charge in [0.25, 0.3) is 5.91 Å². The van der Waals surface area contributed by atoms with Crippen molar-refractivity contribution in [2.75, 3.05) is 20.2 Å². The molecular weight excluding hydrogens is 436 g/mol. The highest BCUT2D eigenvalue weighted by Gasteiger charge is 2.32. The Balaban J connectivity index is 1.16. The van der Waals surface area contributed by atoms with Crippen LogP contribution < -0.4 is 10.1 Å². The molecule has 9 nitrogen and oxygen atoms in total. The predicted molar refractivity (Wildman–Crippen MR) is 122 cm³/mol. The van der Waals surface area contributed by atoms with Crippen LogP contribution in [-0.4, -0.2) is 46.5 Å². The number of imidazole rings is 1. The van der Waals surface area contributed by atoms with Crippen molar-refractivity contribution in [3.8, 4) is 5.75 Å². The zero-order valence-electron chi connectivity index (χ0n) is 19.1. The van der Waals surface area contributed by atoms with Gasteiger partial charge in [0.2, 0.25) is 5.91 Å². The lowest BCUT2D eigenvalue weighted by atomic mass is 9.95. The first-order valence-electron chi connectivity index (χ1n) is 11.5. The number of aromatic nitrogens is 2. The third-order valence-corrected chi connectivity index (χ3v) is 6.59. The van der Waals surface area contributed by atoms with Gasteiger partial charge in [-0.25, -0.2) is 4.98 Å². The zero-order valence-corrected chi connectivity index (χ0v) is 19.1. The molecule has 0 saturated carbocycles. The number of hydrogen-bond acceptors (Lipinski definition) is 6. The van der Waals surface area contributed by atoms with Crippen molar-refractivity contribution in [3.63, 3.8) is 0 Å². The lowest BCUT2D eigenvalue weighted by Gasteiger charge is -2.31. The molecule has 34 heavy (non-hydrogen) atoms. The average Bonchev–Trinajstić information content (AvgIpc) is 3.56. The maximum Gasteiger partial charge on any atom is 0.274 e. The molecule has 9 heteroatoms. The van der Waals surface area contributed by atoms with Gasteiger partial charge in [0.05, 0.1) is 45.1 Å². The highest BCUT2D eigenvalue weighted by atomic mass is 16.5. The van der Waals surface area contributed by atoms with Crippen molar-refractivity contribution in [1.29, 1.82) is 0 Å². The van der Waals surface area contributed by atoms with Crippen LogP contribution in [-0.2, 0) is 29.2 Å². The standard InChI is InChI=1S/C25H28N4O5/c1-32-19-6-4-17(5-7-19)22-14-29-16-27-23(21(29)15-34-22)25(31)28-10-8-18(9-11-28)24(30)26-13-20-3-2-12-33-20/h2-7,12,16,18,22H,8-11,13-15H2,1H3,(H,26,30). The van der Waals surface area contributed by atoms with Crippen LogP contribution in [0, 0.1) is 5.92 Å². The summed E-state index contributed by atoms with van der Waals surface area (Å²) in [6.45, 7) is 2.35. The maximum absolute atomic E-state index is 13.2. The van der Waals surface area contributed by atoms with E-state index in [-0.39, 0.29) is 23.8 Å². The van der Waals surface area contributed by atoms with Crippen molar-refractivity contribution in [2.24, 2.45) is 5.92 Å². The van der Waals surface area contributed by atoms with Crippen LogP contribution in [0.15, 0.2) is 53.4 Å². The van der Waals surface area contributed by atoms with Gasteiger partial charge in [0, 0.05) is 19.0 Å². The molecule has 1 N–H and O–H groups in total. The molecule has 0 radical (unpaired) electrons. The van der Waals surface area contributed by atoms with E-state index in [4.69, 9.17) is 13.9 Å². The van der Waals surface area contributed by atoms with Gasteiger partial charge >= 0.3 is 0 Å². The number of nitrogens with one attached hydrogen (secondary N) is 1. The number of methoxy groups -OCH3 is 1. The fourth-order valence-electron chi connectivity index (χ4n) is 4.55. The van der Waals surface area contributed by atoms with E-state index in [9.17, 15) is 9.59 Å². The highest BCUT2D eigenvalue weighted by Crippen LogP contribution is 2.30. The number of likely N-dealkylation sites (tertiary alicyclic amines) is 1. The van der Waals surface area contributed by atoms with Gasteiger partial charge in [-0.2, -0.15) is 0 Å². The molecular formula is C25H28N4O5. The molecule has 0 spiro atoms. The van der Waals surface area contributed by atoms with Crippen molar-refractivity contribution in [2.45, 2.75) is 38.6 Å². The van der Waals surface area contributed by atoms with E-state index in [0.717, 1.165) is 22.8 Å². The second-order valence-electron chi connectivity index (χ2n) is 8.63. The number of benzene rings is 1. The van der Waals surface area contributed by atoms with Gasteiger partial charge in [0.1, 0.15) is 17.6 Å². The molecule has 1 fully saturated rings. The number of hydrogen-bond donors (Lipinski definition) is 1. The number of carbonyl (C=O) groups excluding carboxylic acids is 2. The first kappa shape index (κ1) is 22.2. The molecule has 4 heterocycles. The van der Waals surface area contributed by atoms with Gasteiger partial charge in [-0.3, -0.25) is 9.59 Å². The van der Waals surface area contributed by atoms with Crippen LogP contribution in [0.25, 0.3) is 0 Å². The lowest BCUT2D eigenvalue weighted by molar-refractivity contribution is -0.126. The van der Waals surface area contributed by atoms with Gasteiger partial charge < -0.3 is 28.7 Å². The molecule has 1 unspecified atom stereocenters. The van der Waals surface area contributed by atoms with E-state index in [1.54, 1.807) is 30.7 Å². The molecule has 1 atom stereocenters. The Labute approximate surface area is 197 Å². The van der Waals surface area contributed by atoms with Crippen molar-refractivity contribution >= 4 is 11.8 Å². The molecule has 1 saturated heterocycles. The summed E-state index contributed by atoms with van der Waals surface area (Å²) in [4.78, 5) is 31.9. The second-order valence-corrected chi connectivity index (χ2v) is 8.63. The van der Waals surface area contributed by atoms with Gasteiger partial charge in [-0.05, 0) is 42.7 Å². The molecule has 1 aromatic carbocycles. The summed E-state index contributed by atoms with van der Waals surface area (Å²) < 4.78 is 18.6. The Kier molecular flexibility index (Phi) is 6.35. The third kappa shape index (κ3) is 4.56. The first-order chi connectivity index (χ1) is 16.6. The fraction of sp³-hybridized carbons (Fsp3) is 0.400. The molecule has 2 aromatic heterocycles. The summed E-state index contributed by atoms with van der Waals surface area (Å²) in [6, 6.07) is 11.4. The molecule has 2 aliphatic rings. The Morgan fingerprint density at radius 3 is 2.68 bits per heavy atom. The predicted octanol–water partition coefficient (Wildman–Crippen LogP) is 2.92. The van der Waals surface area contributed by atoms with Gasteiger partial charge in [0.15, 0.2) is 5.69 Å². The Morgan fingerprint density at radius 1 is 1.18 bits per heavy atom. The zero-order chi connectivity index (χ0) is 23.5. The van der Waals surface area contributed by atoms with E-state index < -0.39 is 0 Å². The molecule has 3 aromatic rings. The van der Waals surface area contributed by atoms with Crippen LogP contribution in [0.5, 0.6) is 5.75 Å². The first-order valence-corrected chi connectivity index (χ1v) is 11.5. The van der Waals surface area contributed by atoms with Gasteiger partial charge in [-0.15, -0.1) is 0 Å². The molecule has 0 aliphatic carbocycles. The summed E-state index contributed by atoms with van der Waals surface area (Å²) in [5.74, 6) is 1.32. The van der Waals surface area contributed by atoms with E-state index in [0.29, 0.717) is 51.3 Å². The Hall–Kier alpha value is -3.59. The van der Waals surface area contributed by atoms with Crippen LogP contribution >= 0.6 is 0 Å². The summed E-state index contributed by atoms with van der Waals surface area (Å²) in [5.41, 5.74) is 2.29. The number of fused-ring (bicyclic) bond motifs is 1. The second kappa shape index (κ2) is 9.72. The summed E-state index contributed by atoms with van der Waals surface area (Å²) in [5, 5.41) is 2.92. The topological polar surface area (TPSA) is 98.8 Å². The summed E-state index contributed by atoms with van der Waals surface area (Å²) in [7, 11) is 1.64. The monoisotopic (exact) mass is 464 g/mol. The Bertz CT molecular complexity index is 1130. The number of carbonyl (C=O) groups is 2. The number of furan rings is 1. The van der Waals surface area contributed by atoms with E-state index in [2.05, 4.69) is 10.3 Å². The molecule has 178 valence electrons. The normalized spacial score (nSPS) is 18.4. The van der Waals surface area contributed by atoms with Crippen molar-refractivity contribution in [1.82, 2.24) is 19.8 Å². The van der Waals surface area contributed by atoms with Crippen LogP contribution in [0.4, 0.5) is 0 Å². The molecule has 2 amide bonds.